The number of ether oxygens (including phenoxy) is 1. The van der Waals surface area contributed by atoms with Crippen LogP contribution in [0.4, 0.5) is 11.5 Å². The fourth-order valence-electron chi connectivity index (χ4n) is 3.13. The van der Waals surface area contributed by atoms with Gasteiger partial charge >= 0.3 is 0 Å². The molecule has 2 aromatic rings. The molecule has 23 heavy (non-hydrogen) atoms. The molecular weight excluding hydrogens is 296 g/mol. The molecule has 0 aliphatic carbocycles. The largest absolute Gasteiger partial charge is 0.377 e. The number of non-ortho nitro benzene ring substituents is 1. The summed E-state index contributed by atoms with van der Waals surface area (Å²) in [6, 6.07) is 5.13. The second-order valence-corrected chi connectivity index (χ2v) is 7.06. The van der Waals surface area contributed by atoms with Crippen LogP contribution >= 0.6 is 0 Å². The van der Waals surface area contributed by atoms with E-state index in [-0.39, 0.29) is 22.1 Å². The quantitative estimate of drug-likeness (QED) is 0.629. The molecular formula is C16H22N4O3. The van der Waals surface area contributed by atoms with Crippen LogP contribution in [0.2, 0.25) is 0 Å². The van der Waals surface area contributed by atoms with Gasteiger partial charge in [0.1, 0.15) is 0 Å². The van der Waals surface area contributed by atoms with Crippen LogP contribution in [-0.2, 0) is 11.8 Å². The Kier molecular flexibility index (Phi) is 3.75. The Hall–Kier alpha value is -2.15. The first-order valence-corrected chi connectivity index (χ1v) is 7.74. The van der Waals surface area contributed by atoms with Gasteiger partial charge in [-0.2, -0.15) is 5.10 Å². The predicted octanol–water partition coefficient (Wildman–Crippen LogP) is 2.73. The summed E-state index contributed by atoms with van der Waals surface area (Å²) in [5.74, 6) is 0.876. The SMILES string of the molecule is Cn1nc(N2CCOCC2C(C)(C)C)c2ccc([N+](=O)[O-])cc21. The zero-order valence-corrected chi connectivity index (χ0v) is 13.9. The summed E-state index contributed by atoms with van der Waals surface area (Å²) in [6.07, 6.45) is 0. The predicted molar refractivity (Wildman–Crippen MR) is 88.8 cm³/mol. The number of aryl methyl sites for hydroxylation is 1. The average molecular weight is 318 g/mol. The molecule has 0 saturated carbocycles. The maximum Gasteiger partial charge on any atom is 0.271 e. The summed E-state index contributed by atoms with van der Waals surface area (Å²) < 4.78 is 7.38. The van der Waals surface area contributed by atoms with E-state index < -0.39 is 0 Å². The van der Waals surface area contributed by atoms with E-state index in [0.29, 0.717) is 13.2 Å². The van der Waals surface area contributed by atoms with Crippen LogP contribution in [0.15, 0.2) is 18.2 Å². The van der Waals surface area contributed by atoms with Gasteiger partial charge in [-0.1, -0.05) is 20.8 Å². The first kappa shape index (κ1) is 15.7. The van der Waals surface area contributed by atoms with E-state index in [2.05, 4.69) is 30.8 Å². The van der Waals surface area contributed by atoms with Crippen LogP contribution in [0.25, 0.3) is 10.9 Å². The molecule has 1 aliphatic heterocycles. The molecule has 1 fully saturated rings. The molecule has 0 spiro atoms. The summed E-state index contributed by atoms with van der Waals surface area (Å²) in [4.78, 5) is 12.9. The Labute approximate surface area is 135 Å². The van der Waals surface area contributed by atoms with Crippen LogP contribution in [0, 0.1) is 15.5 Å². The molecule has 0 amide bonds. The molecule has 124 valence electrons. The monoisotopic (exact) mass is 318 g/mol. The molecule has 2 heterocycles. The van der Waals surface area contributed by atoms with Gasteiger partial charge in [-0.25, -0.2) is 0 Å². The van der Waals surface area contributed by atoms with Crippen molar-refractivity contribution in [1.82, 2.24) is 9.78 Å². The van der Waals surface area contributed by atoms with E-state index >= 15 is 0 Å². The summed E-state index contributed by atoms with van der Waals surface area (Å²) >= 11 is 0. The highest BCUT2D eigenvalue weighted by molar-refractivity contribution is 5.92. The van der Waals surface area contributed by atoms with Crippen molar-refractivity contribution in [3.8, 4) is 0 Å². The third kappa shape index (κ3) is 2.76. The molecule has 3 rings (SSSR count). The van der Waals surface area contributed by atoms with Gasteiger partial charge in [0, 0.05) is 31.1 Å². The van der Waals surface area contributed by atoms with E-state index in [1.807, 2.05) is 7.05 Å². The minimum atomic E-state index is -0.376. The van der Waals surface area contributed by atoms with Crippen molar-refractivity contribution < 1.29 is 9.66 Å². The number of aromatic nitrogens is 2. The van der Waals surface area contributed by atoms with Gasteiger partial charge in [-0.05, 0) is 11.5 Å². The van der Waals surface area contributed by atoms with Crippen LogP contribution in [0.3, 0.4) is 0 Å². The van der Waals surface area contributed by atoms with Gasteiger partial charge in [0.2, 0.25) is 0 Å². The molecule has 1 unspecified atom stereocenters. The van der Waals surface area contributed by atoms with Crippen molar-refractivity contribution in [2.45, 2.75) is 26.8 Å². The Morgan fingerprint density at radius 2 is 2.13 bits per heavy atom. The Morgan fingerprint density at radius 3 is 2.78 bits per heavy atom. The van der Waals surface area contributed by atoms with Crippen molar-refractivity contribution in [2.24, 2.45) is 12.5 Å². The zero-order chi connectivity index (χ0) is 16.8. The fourth-order valence-corrected chi connectivity index (χ4v) is 3.13. The zero-order valence-electron chi connectivity index (χ0n) is 13.9. The summed E-state index contributed by atoms with van der Waals surface area (Å²) in [7, 11) is 1.82. The van der Waals surface area contributed by atoms with E-state index in [1.165, 1.54) is 0 Å². The van der Waals surface area contributed by atoms with Gasteiger partial charge in [0.05, 0.1) is 29.7 Å². The number of anilines is 1. The second kappa shape index (κ2) is 5.49. The topological polar surface area (TPSA) is 73.4 Å². The summed E-state index contributed by atoms with van der Waals surface area (Å²) in [5.41, 5.74) is 0.903. The molecule has 1 atom stereocenters. The lowest BCUT2D eigenvalue weighted by Gasteiger charge is -2.43. The maximum atomic E-state index is 11.0. The van der Waals surface area contributed by atoms with E-state index in [4.69, 9.17) is 4.74 Å². The third-order valence-electron chi connectivity index (χ3n) is 4.43. The van der Waals surface area contributed by atoms with Gasteiger partial charge in [-0.3, -0.25) is 14.8 Å². The highest BCUT2D eigenvalue weighted by atomic mass is 16.6. The number of nitro benzene ring substituents is 1. The molecule has 1 aromatic carbocycles. The Morgan fingerprint density at radius 1 is 1.39 bits per heavy atom. The number of nitrogens with zero attached hydrogens (tertiary/aromatic N) is 4. The lowest BCUT2D eigenvalue weighted by atomic mass is 9.85. The Balaban J connectivity index is 2.10. The molecule has 1 aromatic heterocycles. The second-order valence-electron chi connectivity index (χ2n) is 7.06. The van der Waals surface area contributed by atoms with Crippen LogP contribution in [-0.4, -0.2) is 40.5 Å². The van der Waals surface area contributed by atoms with E-state index in [9.17, 15) is 10.1 Å². The lowest BCUT2D eigenvalue weighted by Crippen LogP contribution is -2.52. The van der Waals surface area contributed by atoms with Crippen molar-refractivity contribution in [1.29, 1.82) is 0 Å². The van der Waals surface area contributed by atoms with Gasteiger partial charge in [-0.15, -0.1) is 0 Å². The standard InChI is InChI=1S/C16H22N4O3/c1-16(2,3)14-10-23-8-7-19(14)15-12-6-5-11(20(21)22)9-13(12)18(4)17-15/h5-6,9,14H,7-8,10H2,1-4H3. The van der Waals surface area contributed by atoms with Gasteiger partial charge in [0.15, 0.2) is 5.82 Å². The first-order valence-electron chi connectivity index (χ1n) is 7.74. The first-order chi connectivity index (χ1) is 10.8. The van der Waals surface area contributed by atoms with Crippen LogP contribution in [0.5, 0.6) is 0 Å². The number of fused-ring (bicyclic) bond motifs is 1. The number of benzene rings is 1. The van der Waals surface area contributed by atoms with Crippen molar-refractivity contribution in [3.63, 3.8) is 0 Å². The summed E-state index contributed by atoms with van der Waals surface area (Å²) in [5, 5.41) is 16.6. The Bertz CT molecular complexity index is 748. The molecule has 7 heteroatoms. The molecule has 0 N–H and O–H groups in total. The van der Waals surface area contributed by atoms with Crippen molar-refractivity contribution in [3.05, 3.63) is 28.3 Å². The molecule has 7 nitrogen and oxygen atoms in total. The van der Waals surface area contributed by atoms with Gasteiger partial charge in [0.25, 0.3) is 5.69 Å². The number of rotatable bonds is 2. The molecule has 1 aliphatic rings. The third-order valence-corrected chi connectivity index (χ3v) is 4.43. The van der Waals surface area contributed by atoms with Crippen molar-refractivity contribution in [2.75, 3.05) is 24.7 Å². The van der Waals surface area contributed by atoms with E-state index in [0.717, 1.165) is 23.3 Å². The normalized spacial score (nSPS) is 19.3. The number of nitro groups is 1. The lowest BCUT2D eigenvalue weighted by molar-refractivity contribution is -0.384. The minimum Gasteiger partial charge on any atom is -0.377 e. The molecule has 1 saturated heterocycles. The minimum absolute atomic E-state index is 0.0467. The van der Waals surface area contributed by atoms with Gasteiger partial charge < -0.3 is 9.64 Å². The highest BCUT2D eigenvalue weighted by Crippen LogP contribution is 2.35. The number of hydrogen-bond donors (Lipinski definition) is 0. The maximum absolute atomic E-state index is 11.0. The highest BCUT2D eigenvalue weighted by Gasteiger charge is 2.35. The number of morpholine rings is 1. The van der Waals surface area contributed by atoms with Crippen molar-refractivity contribution >= 4 is 22.4 Å². The molecule has 0 radical (unpaired) electrons. The molecule has 0 bridgehead atoms. The van der Waals surface area contributed by atoms with Crippen LogP contribution in [0.1, 0.15) is 20.8 Å². The fraction of sp³-hybridized carbons (Fsp3) is 0.562. The number of hydrogen-bond acceptors (Lipinski definition) is 5. The summed E-state index contributed by atoms with van der Waals surface area (Å²) in [6.45, 7) is 8.66. The van der Waals surface area contributed by atoms with E-state index in [1.54, 1.807) is 22.9 Å². The van der Waals surface area contributed by atoms with Crippen LogP contribution < -0.4 is 4.90 Å². The smallest absolute Gasteiger partial charge is 0.271 e. The average Bonchev–Trinajstić information content (AvgIpc) is 2.83.